The summed E-state index contributed by atoms with van der Waals surface area (Å²) < 4.78 is 16.1. The van der Waals surface area contributed by atoms with E-state index in [2.05, 4.69) is 38.7 Å². The third-order valence-corrected chi connectivity index (χ3v) is 5.12. The van der Waals surface area contributed by atoms with Crippen LogP contribution in [0.3, 0.4) is 0 Å². The number of halogens is 1. The van der Waals surface area contributed by atoms with Crippen molar-refractivity contribution in [1.82, 2.24) is 10.6 Å². The molecular formula is C23H33IN4O3. The monoisotopic (exact) mass is 540 g/mol. The predicted octanol–water partition coefficient (Wildman–Crippen LogP) is 3.28. The van der Waals surface area contributed by atoms with Crippen LogP contribution in [0.4, 0.5) is 5.69 Å². The van der Waals surface area contributed by atoms with Gasteiger partial charge in [-0.2, -0.15) is 0 Å². The quantitative estimate of drug-likeness (QED) is 0.220. The van der Waals surface area contributed by atoms with Crippen molar-refractivity contribution >= 4 is 35.6 Å². The summed E-state index contributed by atoms with van der Waals surface area (Å²) in [7, 11) is 5.18. The van der Waals surface area contributed by atoms with Gasteiger partial charge in [0.1, 0.15) is 18.1 Å². The predicted molar refractivity (Wildman–Crippen MR) is 136 cm³/mol. The summed E-state index contributed by atoms with van der Waals surface area (Å²) in [6.07, 6.45) is 1.05. The minimum absolute atomic E-state index is 0. The topological polar surface area (TPSA) is 67.4 Å². The molecule has 0 amide bonds. The van der Waals surface area contributed by atoms with E-state index >= 15 is 0 Å². The van der Waals surface area contributed by atoms with E-state index in [1.54, 1.807) is 21.3 Å². The van der Waals surface area contributed by atoms with Crippen LogP contribution in [0.2, 0.25) is 0 Å². The Morgan fingerprint density at radius 2 is 1.87 bits per heavy atom. The first-order chi connectivity index (χ1) is 14.7. The van der Waals surface area contributed by atoms with Crippen LogP contribution in [-0.4, -0.2) is 59.6 Å². The highest BCUT2D eigenvalue weighted by atomic mass is 127. The van der Waals surface area contributed by atoms with Crippen molar-refractivity contribution in [3.8, 4) is 11.5 Å². The smallest absolute Gasteiger partial charge is 0.191 e. The van der Waals surface area contributed by atoms with Crippen LogP contribution < -0.4 is 25.0 Å². The van der Waals surface area contributed by atoms with Crippen molar-refractivity contribution in [2.45, 2.75) is 19.0 Å². The lowest BCUT2D eigenvalue weighted by atomic mass is 10.2. The van der Waals surface area contributed by atoms with Crippen molar-refractivity contribution in [3.05, 3.63) is 54.1 Å². The lowest BCUT2D eigenvalue weighted by Gasteiger charge is -2.22. The number of hydrogen-bond donors (Lipinski definition) is 2. The van der Waals surface area contributed by atoms with E-state index in [0.717, 1.165) is 42.7 Å². The number of nitrogens with one attached hydrogen (secondary N) is 2. The molecule has 0 saturated carbocycles. The highest BCUT2D eigenvalue weighted by molar-refractivity contribution is 14.0. The summed E-state index contributed by atoms with van der Waals surface area (Å²) in [4.78, 5) is 6.73. The van der Waals surface area contributed by atoms with E-state index in [-0.39, 0.29) is 24.0 Å². The molecule has 1 saturated heterocycles. The van der Waals surface area contributed by atoms with E-state index in [9.17, 15) is 0 Å². The van der Waals surface area contributed by atoms with Gasteiger partial charge in [-0.15, -0.1) is 24.0 Å². The van der Waals surface area contributed by atoms with E-state index in [4.69, 9.17) is 14.2 Å². The van der Waals surface area contributed by atoms with Gasteiger partial charge in [0, 0.05) is 39.8 Å². The van der Waals surface area contributed by atoms with E-state index in [1.165, 1.54) is 5.56 Å². The number of nitrogens with zero attached hydrogens (tertiary/aromatic N) is 2. The summed E-state index contributed by atoms with van der Waals surface area (Å²) in [5.74, 6) is 2.57. The molecule has 1 unspecified atom stereocenters. The molecule has 0 bridgehead atoms. The van der Waals surface area contributed by atoms with Crippen molar-refractivity contribution < 1.29 is 14.2 Å². The number of aliphatic imine (C=N–C) groups is 1. The lowest BCUT2D eigenvalue weighted by Crippen LogP contribution is -2.44. The minimum Gasteiger partial charge on any atom is -0.495 e. The summed E-state index contributed by atoms with van der Waals surface area (Å²) in [6, 6.07) is 16.6. The van der Waals surface area contributed by atoms with E-state index < -0.39 is 0 Å². The largest absolute Gasteiger partial charge is 0.495 e. The zero-order chi connectivity index (χ0) is 21.2. The molecule has 2 aromatic rings. The zero-order valence-electron chi connectivity index (χ0n) is 18.5. The molecule has 31 heavy (non-hydrogen) atoms. The molecule has 7 nitrogen and oxygen atoms in total. The van der Waals surface area contributed by atoms with Gasteiger partial charge in [0.2, 0.25) is 0 Å². The SMILES string of the molecule is CN=C(NCc1ccc(OCCOC)cc1)NC1CCN(c2ccccc2OC)C1.I. The second-order valence-electron chi connectivity index (χ2n) is 7.16. The Hall–Kier alpha value is -2.20. The number of benzene rings is 2. The number of anilines is 1. The maximum absolute atomic E-state index is 5.60. The fourth-order valence-electron chi connectivity index (χ4n) is 3.51. The van der Waals surface area contributed by atoms with Gasteiger partial charge < -0.3 is 29.7 Å². The van der Waals surface area contributed by atoms with Crippen LogP contribution in [0.25, 0.3) is 0 Å². The molecule has 1 aliphatic heterocycles. The average Bonchev–Trinajstić information content (AvgIpc) is 3.26. The van der Waals surface area contributed by atoms with Crippen LogP contribution in [-0.2, 0) is 11.3 Å². The van der Waals surface area contributed by atoms with Crippen LogP contribution >= 0.6 is 24.0 Å². The third-order valence-electron chi connectivity index (χ3n) is 5.12. The average molecular weight is 540 g/mol. The minimum atomic E-state index is 0. The number of rotatable bonds is 9. The Morgan fingerprint density at radius 3 is 2.58 bits per heavy atom. The number of methoxy groups -OCH3 is 2. The second-order valence-corrected chi connectivity index (χ2v) is 7.16. The van der Waals surface area contributed by atoms with Crippen LogP contribution in [0.5, 0.6) is 11.5 Å². The van der Waals surface area contributed by atoms with Gasteiger partial charge in [0.25, 0.3) is 0 Å². The molecule has 1 aliphatic rings. The highest BCUT2D eigenvalue weighted by Gasteiger charge is 2.25. The van der Waals surface area contributed by atoms with Gasteiger partial charge >= 0.3 is 0 Å². The van der Waals surface area contributed by atoms with Gasteiger partial charge in [-0.25, -0.2) is 0 Å². The Labute approximate surface area is 202 Å². The standard InChI is InChI=1S/C23H32N4O3.HI/c1-24-23(25-16-18-8-10-20(11-9-18)30-15-14-28-2)26-19-12-13-27(17-19)21-6-4-5-7-22(21)29-3;/h4-11,19H,12-17H2,1-3H3,(H2,24,25,26);1H. The second kappa shape index (κ2) is 13.3. The number of para-hydroxylation sites is 2. The van der Waals surface area contributed by atoms with Crippen molar-refractivity contribution in [2.24, 2.45) is 4.99 Å². The van der Waals surface area contributed by atoms with E-state index in [1.807, 2.05) is 30.3 Å². The van der Waals surface area contributed by atoms with Crippen LogP contribution in [0.1, 0.15) is 12.0 Å². The van der Waals surface area contributed by atoms with Crippen molar-refractivity contribution in [2.75, 3.05) is 52.5 Å². The summed E-state index contributed by atoms with van der Waals surface area (Å²) >= 11 is 0. The lowest BCUT2D eigenvalue weighted by molar-refractivity contribution is 0.146. The Balaban J connectivity index is 0.00000341. The summed E-state index contributed by atoms with van der Waals surface area (Å²) in [5, 5.41) is 6.93. The normalized spacial score (nSPS) is 15.9. The fraction of sp³-hybridized carbons (Fsp3) is 0.435. The maximum atomic E-state index is 5.60. The molecule has 1 heterocycles. The Bertz CT molecular complexity index is 817. The van der Waals surface area contributed by atoms with Crippen LogP contribution in [0.15, 0.2) is 53.5 Å². The van der Waals surface area contributed by atoms with E-state index in [0.29, 0.717) is 25.8 Å². The Morgan fingerprint density at radius 1 is 1.10 bits per heavy atom. The fourth-order valence-corrected chi connectivity index (χ4v) is 3.51. The van der Waals surface area contributed by atoms with Gasteiger partial charge in [0.05, 0.1) is 19.4 Å². The maximum Gasteiger partial charge on any atom is 0.191 e. The molecule has 3 rings (SSSR count). The summed E-state index contributed by atoms with van der Waals surface area (Å²) in [5.41, 5.74) is 2.30. The molecular weight excluding hydrogens is 507 g/mol. The van der Waals surface area contributed by atoms with Crippen molar-refractivity contribution in [3.63, 3.8) is 0 Å². The molecule has 2 N–H and O–H groups in total. The molecule has 0 spiro atoms. The third kappa shape index (κ3) is 7.46. The van der Waals surface area contributed by atoms with Gasteiger partial charge in [-0.1, -0.05) is 24.3 Å². The number of hydrogen-bond acceptors (Lipinski definition) is 5. The molecule has 2 aromatic carbocycles. The zero-order valence-corrected chi connectivity index (χ0v) is 20.8. The number of guanidine groups is 1. The first kappa shape index (κ1) is 25.1. The van der Waals surface area contributed by atoms with Gasteiger partial charge in [-0.3, -0.25) is 4.99 Å². The molecule has 1 atom stereocenters. The molecule has 0 aromatic heterocycles. The van der Waals surface area contributed by atoms with Gasteiger partial charge in [0.15, 0.2) is 5.96 Å². The first-order valence-corrected chi connectivity index (χ1v) is 10.3. The first-order valence-electron chi connectivity index (χ1n) is 10.3. The van der Waals surface area contributed by atoms with Crippen molar-refractivity contribution in [1.29, 1.82) is 0 Å². The Kier molecular flexibility index (Phi) is 10.7. The van der Waals surface area contributed by atoms with Crippen LogP contribution in [0, 0.1) is 0 Å². The summed E-state index contributed by atoms with van der Waals surface area (Å²) in [6.45, 7) is 3.73. The molecule has 0 aliphatic carbocycles. The number of ether oxygens (including phenoxy) is 3. The molecule has 170 valence electrons. The molecule has 8 heteroatoms. The highest BCUT2D eigenvalue weighted by Crippen LogP contribution is 2.30. The van der Waals surface area contributed by atoms with Gasteiger partial charge in [-0.05, 0) is 36.2 Å². The molecule has 1 fully saturated rings. The molecule has 0 radical (unpaired) electrons.